The highest BCUT2D eigenvalue weighted by atomic mass is 16.5. The zero-order chi connectivity index (χ0) is 12.4. The third kappa shape index (κ3) is 2.80. The van der Waals surface area contributed by atoms with E-state index in [4.69, 9.17) is 10.5 Å². The maximum Gasteiger partial charge on any atom is 0.227 e. The fraction of sp³-hybridized carbons (Fsp3) is 0.923. The van der Waals surface area contributed by atoms with E-state index in [9.17, 15) is 4.79 Å². The summed E-state index contributed by atoms with van der Waals surface area (Å²) in [4.78, 5) is 14.4. The minimum Gasteiger partial charge on any atom is -0.372 e. The van der Waals surface area contributed by atoms with Crippen molar-refractivity contribution >= 4 is 5.91 Å². The first kappa shape index (κ1) is 12.8. The van der Waals surface area contributed by atoms with Crippen LogP contribution in [0.4, 0.5) is 0 Å². The lowest BCUT2D eigenvalue weighted by atomic mass is 10.0. The van der Waals surface area contributed by atoms with E-state index < -0.39 is 0 Å². The van der Waals surface area contributed by atoms with Crippen LogP contribution in [0.3, 0.4) is 0 Å². The summed E-state index contributed by atoms with van der Waals surface area (Å²) in [5.74, 6) is 0.307. The van der Waals surface area contributed by atoms with Gasteiger partial charge in [0.25, 0.3) is 0 Å². The van der Waals surface area contributed by atoms with Gasteiger partial charge in [0.1, 0.15) is 0 Å². The topological polar surface area (TPSA) is 55.6 Å². The lowest BCUT2D eigenvalue weighted by Crippen LogP contribution is -2.52. The number of carbonyl (C=O) groups excluding carboxylic acids is 1. The van der Waals surface area contributed by atoms with Gasteiger partial charge >= 0.3 is 0 Å². The van der Waals surface area contributed by atoms with Crippen LogP contribution in [-0.2, 0) is 9.53 Å². The molecule has 0 radical (unpaired) electrons. The van der Waals surface area contributed by atoms with Crippen molar-refractivity contribution in [1.29, 1.82) is 0 Å². The van der Waals surface area contributed by atoms with E-state index in [1.165, 1.54) is 0 Å². The van der Waals surface area contributed by atoms with Gasteiger partial charge in [-0.2, -0.15) is 0 Å². The van der Waals surface area contributed by atoms with Gasteiger partial charge in [0.15, 0.2) is 0 Å². The number of amides is 1. The Labute approximate surface area is 103 Å². The Morgan fingerprint density at radius 2 is 2.18 bits per heavy atom. The predicted molar refractivity (Wildman–Crippen MR) is 66.5 cm³/mol. The first-order chi connectivity index (χ1) is 8.11. The van der Waals surface area contributed by atoms with E-state index in [0.717, 1.165) is 38.8 Å². The molecule has 1 aliphatic carbocycles. The van der Waals surface area contributed by atoms with Gasteiger partial charge in [-0.25, -0.2) is 0 Å². The molecule has 2 fully saturated rings. The monoisotopic (exact) mass is 240 g/mol. The summed E-state index contributed by atoms with van der Waals surface area (Å²) in [7, 11) is 0. The molecule has 1 saturated carbocycles. The third-order valence-electron chi connectivity index (χ3n) is 3.98. The summed E-state index contributed by atoms with van der Waals surface area (Å²) >= 11 is 0. The molecule has 1 aliphatic heterocycles. The lowest BCUT2D eigenvalue weighted by Gasteiger charge is -2.38. The number of rotatable bonds is 2. The molecule has 4 unspecified atom stereocenters. The molecule has 0 aromatic heterocycles. The van der Waals surface area contributed by atoms with Crippen LogP contribution in [0.15, 0.2) is 0 Å². The highest BCUT2D eigenvalue weighted by Gasteiger charge is 2.36. The predicted octanol–water partition coefficient (Wildman–Crippen LogP) is 1.14. The second-order valence-electron chi connectivity index (χ2n) is 5.42. The van der Waals surface area contributed by atoms with Crippen molar-refractivity contribution in [2.75, 3.05) is 13.1 Å². The van der Waals surface area contributed by atoms with Crippen LogP contribution in [0.5, 0.6) is 0 Å². The standard InChI is InChI=1S/C13H24N2O2/c1-3-10-8-15(7-9(2)17-10)13(16)11-5-4-6-12(11)14/h9-12H,3-8,14H2,1-2H3. The number of ether oxygens (including phenoxy) is 1. The number of morpholine rings is 1. The van der Waals surface area contributed by atoms with Crippen LogP contribution in [0.1, 0.15) is 39.5 Å². The van der Waals surface area contributed by atoms with Crippen LogP contribution >= 0.6 is 0 Å². The average Bonchev–Trinajstić information content (AvgIpc) is 2.73. The third-order valence-corrected chi connectivity index (χ3v) is 3.98. The van der Waals surface area contributed by atoms with E-state index in [1.54, 1.807) is 0 Å². The molecule has 4 heteroatoms. The first-order valence-electron chi connectivity index (χ1n) is 6.81. The van der Waals surface area contributed by atoms with E-state index in [-0.39, 0.29) is 30.1 Å². The van der Waals surface area contributed by atoms with E-state index in [1.807, 2.05) is 11.8 Å². The summed E-state index contributed by atoms with van der Waals surface area (Å²) in [6, 6.07) is 0.0701. The Morgan fingerprint density at radius 1 is 1.41 bits per heavy atom. The highest BCUT2D eigenvalue weighted by Crippen LogP contribution is 2.27. The van der Waals surface area contributed by atoms with Crippen LogP contribution < -0.4 is 5.73 Å². The molecule has 4 atom stereocenters. The largest absolute Gasteiger partial charge is 0.372 e. The maximum atomic E-state index is 12.4. The summed E-state index contributed by atoms with van der Waals surface area (Å²) in [6.07, 6.45) is 4.35. The fourth-order valence-corrected chi connectivity index (χ4v) is 2.98. The Kier molecular flexibility index (Phi) is 4.05. The van der Waals surface area contributed by atoms with Gasteiger partial charge in [-0.15, -0.1) is 0 Å². The Hall–Kier alpha value is -0.610. The van der Waals surface area contributed by atoms with Gasteiger partial charge in [-0.3, -0.25) is 4.79 Å². The van der Waals surface area contributed by atoms with Crippen molar-refractivity contribution in [3.05, 3.63) is 0 Å². The molecule has 0 spiro atoms. The van der Waals surface area contributed by atoms with Gasteiger partial charge in [0, 0.05) is 19.1 Å². The molecule has 4 nitrogen and oxygen atoms in total. The van der Waals surface area contributed by atoms with Crippen molar-refractivity contribution in [3.63, 3.8) is 0 Å². The maximum absolute atomic E-state index is 12.4. The second-order valence-corrected chi connectivity index (χ2v) is 5.42. The summed E-state index contributed by atoms with van der Waals surface area (Å²) in [6.45, 7) is 5.60. The minimum absolute atomic E-state index is 0.0535. The molecule has 2 aliphatic rings. The van der Waals surface area contributed by atoms with Crippen LogP contribution in [0.2, 0.25) is 0 Å². The van der Waals surface area contributed by atoms with Crippen molar-refractivity contribution in [3.8, 4) is 0 Å². The van der Waals surface area contributed by atoms with Crippen molar-refractivity contribution < 1.29 is 9.53 Å². The molecule has 2 rings (SSSR count). The van der Waals surface area contributed by atoms with Crippen LogP contribution in [0.25, 0.3) is 0 Å². The summed E-state index contributed by atoms with van der Waals surface area (Å²) in [5, 5.41) is 0. The molecule has 1 amide bonds. The number of nitrogens with zero attached hydrogens (tertiary/aromatic N) is 1. The fourth-order valence-electron chi connectivity index (χ4n) is 2.98. The van der Waals surface area contributed by atoms with Crippen molar-refractivity contribution in [2.45, 2.75) is 57.8 Å². The SMILES string of the molecule is CCC1CN(C(=O)C2CCCC2N)CC(C)O1. The normalized spacial score (nSPS) is 38.4. The molecule has 2 N–H and O–H groups in total. The molecule has 17 heavy (non-hydrogen) atoms. The van der Waals surface area contributed by atoms with E-state index >= 15 is 0 Å². The molecular formula is C13H24N2O2. The van der Waals surface area contributed by atoms with Crippen molar-refractivity contribution in [1.82, 2.24) is 4.90 Å². The van der Waals surface area contributed by atoms with Crippen LogP contribution in [-0.4, -0.2) is 42.1 Å². The summed E-state index contributed by atoms with van der Waals surface area (Å²) < 4.78 is 5.78. The van der Waals surface area contributed by atoms with Gasteiger partial charge < -0.3 is 15.4 Å². The Bertz CT molecular complexity index is 283. The summed E-state index contributed by atoms with van der Waals surface area (Å²) in [5.41, 5.74) is 6.01. The minimum atomic E-state index is 0.0535. The number of hydrogen-bond acceptors (Lipinski definition) is 3. The van der Waals surface area contributed by atoms with Gasteiger partial charge in [-0.05, 0) is 26.2 Å². The molecule has 1 saturated heterocycles. The molecule has 0 aromatic rings. The molecule has 1 heterocycles. The number of nitrogens with two attached hydrogens (primary N) is 1. The zero-order valence-electron chi connectivity index (χ0n) is 10.9. The smallest absolute Gasteiger partial charge is 0.227 e. The molecule has 0 aromatic carbocycles. The second kappa shape index (κ2) is 5.36. The highest BCUT2D eigenvalue weighted by molar-refractivity contribution is 5.80. The number of hydrogen-bond donors (Lipinski definition) is 1. The molecular weight excluding hydrogens is 216 g/mol. The first-order valence-corrected chi connectivity index (χ1v) is 6.81. The van der Waals surface area contributed by atoms with E-state index in [2.05, 4.69) is 6.92 Å². The number of carbonyl (C=O) groups is 1. The van der Waals surface area contributed by atoms with E-state index in [0.29, 0.717) is 0 Å². The zero-order valence-corrected chi connectivity index (χ0v) is 10.9. The van der Waals surface area contributed by atoms with Gasteiger partial charge in [0.2, 0.25) is 5.91 Å². The van der Waals surface area contributed by atoms with Crippen LogP contribution in [0, 0.1) is 5.92 Å². The molecule has 98 valence electrons. The molecule has 0 bridgehead atoms. The Balaban J connectivity index is 1.98. The lowest BCUT2D eigenvalue weighted by molar-refractivity contribution is -0.148. The van der Waals surface area contributed by atoms with Gasteiger partial charge in [0.05, 0.1) is 18.1 Å². The van der Waals surface area contributed by atoms with Gasteiger partial charge in [-0.1, -0.05) is 13.3 Å². The quantitative estimate of drug-likeness (QED) is 0.787. The average molecular weight is 240 g/mol. The Morgan fingerprint density at radius 3 is 2.76 bits per heavy atom. The van der Waals surface area contributed by atoms with Crippen molar-refractivity contribution in [2.24, 2.45) is 11.7 Å².